The van der Waals surface area contributed by atoms with E-state index in [-0.39, 0.29) is 12.5 Å². The average Bonchev–Trinajstić information content (AvgIpc) is 3.07. The molecule has 0 spiro atoms. The van der Waals surface area contributed by atoms with Crippen molar-refractivity contribution in [3.05, 3.63) is 83.9 Å². The molecular weight excluding hydrogens is 360 g/mol. The van der Waals surface area contributed by atoms with Crippen LogP contribution in [0.1, 0.15) is 15.9 Å². The minimum Gasteiger partial charge on any atom is -0.483 e. The van der Waals surface area contributed by atoms with E-state index >= 15 is 0 Å². The molecule has 4 nitrogen and oxygen atoms in total. The van der Waals surface area contributed by atoms with E-state index in [0.717, 1.165) is 28.1 Å². The summed E-state index contributed by atoms with van der Waals surface area (Å²) in [5.41, 5.74) is 6.71. The van der Waals surface area contributed by atoms with Crippen LogP contribution in [0, 0.1) is 13.8 Å². The highest BCUT2D eigenvalue weighted by atomic mass is 16.5. The second-order valence-electron chi connectivity index (χ2n) is 7.38. The Hall–Kier alpha value is -3.66. The van der Waals surface area contributed by atoms with E-state index < -0.39 is 0 Å². The van der Waals surface area contributed by atoms with Crippen LogP contribution in [0.15, 0.2) is 72.8 Å². The maximum absolute atomic E-state index is 13.1. The van der Waals surface area contributed by atoms with Gasteiger partial charge in [-0.05, 0) is 26.0 Å². The average molecular weight is 380 g/mol. The molecule has 0 unspecified atom stereocenters. The van der Waals surface area contributed by atoms with Gasteiger partial charge in [0.05, 0.1) is 17.0 Å². The Morgan fingerprint density at radius 3 is 2.14 bits per heavy atom. The van der Waals surface area contributed by atoms with Gasteiger partial charge in [-0.25, -0.2) is 4.98 Å². The van der Waals surface area contributed by atoms with Crippen molar-refractivity contribution in [2.24, 2.45) is 0 Å². The Balaban J connectivity index is 1.85. The maximum atomic E-state index is 13.1. The molecule has 0 saturated heterocycles. The molecule has 5 rings (SSSR count). The highest BCUT2D eigenvalue weighted by Gasteiger charge is 2.29. The summed E-state index contributed by atoms with van der Waals surface area (Å²) in [6.45, 7) is 4.09. The first-order valence-corrected chi connectivity index (χ1v) is 9.64. The van der Waals surface area contributed by atoms with Crippen molar-refractivity contribution < 1.29 is 9.53 Å². The fourth-order valence-electron chi connectivity index (χ4n) is 3.72. The van der Waals surface area contributed by atoms with Gasteiger partial charge in [0.15, 0.2) is 12.4 Å². The van der Waals surface area contributed by atoms with Crippen molar-refractivity contribution >= 4 is 5.91 Å². The van der Waals surface area contributed by atoms with Crippen LogP contribution in [0.5, 0.6) is 5.75 Å². The third kappa shape index (κ3) is 2.93. The maximum Gasteiger partial charge on any atom is 0.270 e. The molecule has 0 atom stereocenters. The van der Waals surface area contributed by atoms with Crippen molar-refractivity contribution in [1.29, 1.82) is 0 Å². The molecule has 0 N–H and O–H groups in total. The molecule has 1 aliphatic rings. The standard InChI is InChI=1S/C25H20N2O2/c1-16-7-11-18(12-8-16)23-24(19-13-9-17(2)10-14-19)27-22(28)15-29-21-6-4-3-5-20(21)25(27)26-23/h3-14H,15H2,1-2H3. The van der Waals surface area contributed by atoms with E-state index in [1.54, 1.807) is 4.57 Å². The molecule has 0 saturated carbocycles. The van der Waals surface area contributed by atoms with Gasteiger partial charge in [0.1, 0.15) is 5.75 Å². The summed E-state index contributed by atoms with van der Waals surface area (Å²) in [5.74, 6) is 1.17. The monoisotopic (exact) mass is 380 g/mol. The zero-order chi connectivity index (χ0) is 20.0. The van der Waals surface area contributed by atoms with Crippen LogP contribution in [-0.2, 0) is 0 Å². The second kappa shape index (κ2) is 6.74. The summed E-state index contributed by atoms with van der Waals surface area (Å²) in [7, 11) is 0. The number of rotatable bonds is 2. The van der Waals surface area contributed by atoms with Crippen molar-refractivity contribution in [2.45, 2.75) is 13.8 Å². The molecule has 0 fully saturated rings. The Bertz CT molecular complexity index is 1220. The quantitative estimate of drug-likeness (QED) is 0.459. The van der Waals surface area contributed by atoms with E-state index in [2.05, 4.69) is 50.2 Å². The lowest BCUT2D eigenvalue weighted by molar-refractivity contribution is 0.0848. The van der Waals surface area contributed by atoms with Crippen LogP contribution < -0.4 is 4.74 Å². The highest BCUT2D eigenvalue weighted by molar-refractivity contribution is 5.96. The van der Waals surface area contributed by atoms with E-state index in [9.17, 15) is 4.79 Å². The molecule has 4 aromatic rings. The number of imidazole rings is 1. The number of hydrogen-bond donors (Lipinski definition) is 0. The zero-order valence-electron chi connectivity index (χ0n) is 16.3. The van der Waals surface area contributed by atoms with Crippen LogP contribution in [0.4, 0.5) is 0 Å². The predicted molar refractivity (Wildman–Crippen MR) is 114 cm³/mol. The molecule has 1 aliphatic heterocycles. The Morgan fingerprint density at radius 1 is 0.828 bits per heavy atom. The third-order valence-corrected chi connectivity index (χ3v) is 5.26. The zero-order valence-corrected chi connectivity index (χ0v) is 16.3. The van der Waals surface area contributed by atoms with Crippen LogP contribution in [0.2, 0.25) is 0 Å². The summed E-state index contributed by atoms with van der Waals surface area (Å²) >= 11 is 0. The molecule has 0 bridgehead atoms. The summed E-state index contributed by atoms with van der Waals surface area (Å²) in [5, 5.41) is 0. The minimum absolute atomic E-state index is 0.0213. The Labute approximate surface area is 169 Å². The number of ether oxygens (including phenoxy) is 1. The molecular formula is C25H20N2O2. The molecule has 29 heavy (non-hydrogen) atoms. The van der Waals surface area contributed by atoms with E-state index in [4.69, 9.17) is 9.72 Å². The van der Waals surface area contributed by atoms with Crippen LogP contribution in [0.25, 0.3) is 33.9 Å². The van der Waals surface area contributed by atoms with Crippen molar-refractivity contribution in [1.82, 2.24) is 9.55 Å². The number of hydrogen-bond acceptors (Lipinski definition) is 3. The lowest BCUT2D eigenvalue weighted by atomic mass is 10.0. The molecule has 0 amide bonds. The Kier molecular flexibility index (Phi) is 4.06. The van der Waals surface area contributed by atoms with Gasteiger partial charge in [-0.3, -0.25) is 9.36 Å². The second-order valence-corrected chi connectivity index (χ2v) is 7.38. The number of nitrogens with zero attached hydrogens (tertiary/aromatic N) is 2. The van der Waals surface area contributed by atoms with Crippen molar-refractivity contribution in [3.63, 3.8) is 0 Å². The summed E-state index contributed by atoms with van der Waals surface area (Å²) in [6, 6.07) is 24.1. The first kappa shape index (κ1) is 17.4. The summed E-state index contributed by atoms with van der Waals surface area (Å²) < 4.78 is 7.48. The normalized spacial score (nSPS) is 12.7. The molecule has 0 aliphatic carbocycles. The number of para-hydroxylation sites is 1. The molecule has 4 heteroatoms. The number of carbonyl (C=O) groups excluding carboxylic acids is 1. The molecule has 0 radical (unpaired) electrons. The number of carbonyl (C=O) groups is 1. The highest BCUT2D eigenvalue weighted by Crippen LogP contribution is 2.40. The van der Waals surface area contributed by atoms with E-state index in [1.807, 2.05) is 36.4 Å². The van der Waals surface area contributed by atoms with Gasteiger partial charge >= 0.3 is 0 Å². The molecule has 1 aromatic heterocycles. The van der Waals surface area contributed by atoms with Gasteiger partial charge in [-0.15, -0.1) is 0 Å². The fraction of sp³-hybridized carbons (Fsp3) is 0.120. The van der Waals surface area contributed by atoms with Crippen molar-refractivity contribution in [2.75, 3.05) is 6.61 Å². The van der Waals surface area contributed by atoms with Gasteiger partial charge in [0.25, 0.3) is 5.91 Å². The Morgan fingerprint density at radius 2 is 1.45 bits per heavy atom. The van der Waals surface area contributed by atoms with E-state index in [1.165, 1.54) is 11.1 Å². The van der Waals surface area contributed by atoms with E-state index in [0.29, 0.717) is 11.6 Å². The lowest BCUT2D eigenvalue weighted by Gasteiger charge is -2.10. The topological polar surface area (TPSA) is 44.1 Å². The number of fused-ring (bicyclic) bond motifs is 3. The van der Waals surface area contributed by atoms with Crippen LogP contribution in [-0.4, -0.2) is 22.1 Å². The van der Waals surface area contributed by atoms with Crippen molar-refractivity contribution in [3.8, 4) is 39.7 Å². The number of benzene rings is 3. The van der Waals surface area contributed by atoms with Gasteiger partial charge < -0.3 is 4.74 Å². The number of aryl methyl sites for hydroxylation is 2. The summed E-state index contributed by atoms with van der Waals surface area (Å²) in [6.07, 6.45) is 0. The SMILES string of the molecule is Cc1ccc(-c2nc3n(c2-c2ccc(C)cc2)C(=O)COc2ccccc2-3)cc1. The van der Waals surface area contributed by atoms with Gasteiger partial charge in [0, 0.05) is 11.1 Å². The predicted octanol–water partition coefficient (Wildman–Crippen LogP) is 5.53. The third-order valence-electron chi connectivity index (χ3n) is 5.26. The number of aromatic nitrogens is 2. The van der Waals surface area contributed by atoms with Gasteiger partial charge in [-0.2, -0.15) is 0 Å². The summed E-state index contributed by atoms with van der Waals surface area (Å²) in [4.78, 5) is 18.1. The molecule has 142 valence electrons. The first-order chi connectivity index (χ1) is 14.1. The van der Waals surface area contributed by atoms with Crippen LogP contribution in [0.3, 0.4) is 0 Å². The minimum atomic E-state index is -0.127. The first-order valence-electron chi connectivity index (χ1n) is 9.64. The molecule has 3 aromatic carbocycles. The lowest BCUT2D eigenvalue weighted by Crippen LogP contribution is -2.18. The smallest absolute Gasteiger partial charge is 0.270 e. The molecule has 2 heterocycles. The largest absolute Gasteiger partial charge is 0.483 e. The van der Waals surface area contributed by atoms with Gasteiger partial charge in [-0.1, -0.05) is 71.8 Å². The fourth-order valence-corrected chi connectivity index (χ4v) is 3.72. The van der Waals surface area contributed by atoms with Crippen LogP contribution >= 0.6 is 0 Å². The van der Waals surface area contributed by atoms with Gasteiger partial charge in [0.2, 0.25) is 0 Å².